The Hall–Kier alpha value is -0.860. The van der Waals surface area contributed by atoms with Gasteiger partial charge in [0.05, 0.1) is 0 Å². The molecule has 1 aliphatic rings. The molecule has 1 heterocycles. The molecule has 1 aromatic carbocycles. The van der Waals surface area contributed by atoms with Gasteiger partial charge in [-0.2, -0.15) is 0 Å². The molecule has 2 heteroatoms. The van der Waals surface area contributed by atoms with Crippen LogP contribution in [0.1, 0.15) is 39.2 Å². The molecule has 0 spiro atoms. The van der Waals surface area contributed by atoms with Gasteiger partial charge in [-0.25, -0.2) is 0 Å². The van der Waals surface area contributed by atoms with E-state index >= 15 is 0 Å². The van der Waals surface area contributed by atoms with E-state index in [-0.39, 0.29) is 0 Å². The Morgan fingerprint density at radius 1 is 1.26 bits per heavy atom. The summed E-state index contributed by atoms with van der Waals surface area (Å²) >= 11 is 0. The average molecular weight is 260 g/mol. The van der Waals surface area contributed by atoms with Gasteiger partial charge in [0.15, 0.2) is 0 Å². The molecule has 2 rings (SSSR count). The lowest BCUT2D eigenvalue weighted by molar-refractivity contribution is -0.0170. The molecule has 0 aromatic heterocycles. The maximum atomic E-state index is 5.85. The molecule has 1 fully saturated rings. The van der Waals surface area contributed by atoms with Gasteiger partial charge in [0, 0.05) is 12.6 Å². The van der Waals surface area contributed by atoms with Crippen LogP contribution in [-0.4, -0.2) is 24.0 Å². The van der Waals surface area contributed by atoms with Crippen molar-refractivity contribution in [3.63, 3.8) is 0 Å². The Kier molecular flexibility index (Phi) is 4.64. The monoisotopic (exact) mass is 260 g/mol. The van der Waals surface area contributed by atoms with Gasteiger partial charge in [-0.1, -0.05) is 44.2 Å². The molecule has 1 saturated heterocycles. The van der Waals surface area contributed by atoms with Gasteiger partial charge in [0.2, 0.25) is 0 Å². The quantitative estimate of drug-likeness (QED) is 0.900. The van der Waals surface area contributed by atoms with E-state index in [1.165, 1.54) is 18.5 Å². The van der Waals surface area contributed by atoms with Crippen molar-refractivity contribution in [2.75, 3.05) is 13.1 Å². The zero-order valence-electron chi connectivity index (χ0n) is 12.6. The second-order valence-electron chi connectivity index (χ2n) is 6.37. The lowest BCUT2D eigenvalue weighted by Gasteiger charge is -2.51. The first-order valence-corrected chi connectivity index (χ1v) is 7.56. The molecule has 2 N–H and O–H groups in total. The molecule has 0 amide bonds. The summed E-state index contributed by atoms with van der Waals surface area (Å²) in [6, 6.07) is 11.4. The maximum absolute atomic E-state index is 5.85. The number of nitrogens with zero attached hydrogens (tertiary/aromatic N) is 1. The highest BCUT2D eigenvalue weighted by Gasteiger charge is 2.42. The summed E-state index contributed by atoms with van der Waals surface area (Å²) in [6.07, 6.45) is 2.41. The van der Waals surface area contributed by atoms with Gasteiger partial charge in [0.25, 0.3) is 0 Å². The van der Waals surface area contributed by atoms with E-state index in [9.17, 15) is 0 Å². The molecule has 1 aliphatic heterocycles. The van der Waals surface area contributed by atoms with Crippen molar-refractivity contribution in [2.24, 2.45) is 17.1 Å². The first-order chi connectivity index (χ1) is 9.08. The number of benzene rings is 1. The van der Waals surface area contributed by atoms with Crippen LogP contribution in [0, 0.1) is 11.3 Å². The second kappa shape index (κ2) is 6.06. The van der Waals surface area contributed by atoms with E-state index in [2.05, 4.69) is 56.0 Å². The van der Waals surface area contributed by atoms with Crippen molar-refractivity contribution in [3.05, 3.63) is 35.9 Å². The molecule has 19 heavy (non-hydrogen) atoms. The second-order valence-corrected chi connectivity index (χ2v) is 6.37. The predicted molar refractivity (Wildman–Crippen MR) is 81.9 cm³/mol. The molecule has 1 aromatic rings. The Balaban J connectivity index is 2.10. The summed E-state index contributed by atoms with van der Waals surface area (Å²) in [5, 5.41) is 0. The maximum Gasteiger partial charge on any atom is 0.0236 e. The van der Waals surface area contributed by atoms with Crippen molar-refractivity contribution in [1.29, 1.82) is 0 Å². The van der Waals surface area contributed by atoms with Gasteiger partial charge >= 0.3 is 0 Å². The molecule has 0 radical (unpaired) electrons. The van der Waals surface area contributed by atoms with Gasteiger partial charge in [-0.15, -0.1) is 0 Å². The molecule has 0 bridgehead atoms. The van der Waals surface area contributed by atoms with E-state index in [4.69, 9.17) is 5.73 Å². The zero-order chi connectivity index (χ0) is 13.9. The zero-order valence-corrected chi connectivity index (χ0v) is 12.6. The van der Waals surface area contributed by atoms with Crippen LogP contribution in [0.2, 0.25) is 0 Å². The Morgan fingerprint density at radius 2 is 1.95 bits per heavy atom. The van der Waals surface area contributed by atoms with Gasteiger partial charge in [-0.3, -0.25) is 4.90 Å². The molecule has 0 saturated carbocycles. The van der Waals surface area contributed by atoms with Crippen molar-refractivity contribution < 1.29 is 0 Å². The summed E-state index contributed by atoms with van der Waals surface area (Å²) in [4.78, 5) is 2.63. The fourth-order valence-corrected chi connectivity index (χ4v) is 3.51. The van der Waals surface area contributed by atoms with Gasteiger partial charge < -0.3 is 5.73 Å². The third-order valence-electron chi connectivity index (χ3n) is 5.39. The predicted octanol–water partition coefficient (Wildman–Crippen LogP) is 3.27. The van der Waals surface area contributed by atoms with Crippen molar-refractivity contribution >= 4 is 0 Å². The van der Waals surface area contributed by atoms with Crippen molar-refractivity contribution in [2.45, 2.75) is 46.2 Å². The number of hydrogen-bond acceptors (Lipinski definition) is 2. The summed E-state index contributed by atoms with van der Waals surface area (Å²) < 4.78 is 0. The Morgan fingerprint density at radius 3 is 2.58 bits per heavy atom. The van der Waals surface area contributed by atoms with E-state index in [0.29, 0.717) is 11.5 Å². The lowest BCUT2D eigenvalue weighted by Crippen LogP contribution is -2.53. The molecular formula is C17H28N2. The topological polar surface area (TPSA) is 29.3 Å². The number of likely N-dealkylation sites (tertiary alicyclic amines) is 1. The number of rotatable bonds is 4. The normalized spacial score (nSPS) is 32.4. The highest BCUT2D eigenvalue weighted by molar-refractivity contribution is 5.15. The molecular weight excluding hydrogens is 232 g/mol. The Bertz CT molecular complexity index is 390. The molecule has 3 atom stereocenters. The largest absolute Gasteiger partial charge is 0.330 e. The standard InChI is InChI=1S/C17H28N2/c1-14-9-12-19(13-16-7-5-4-6-8-16)15(2)17(14,3)10-11-18/h4-8,14-15H,9-13,18H2,1-3H3. The minimum Gasteiger partial charge on any atom is -0.330 e. The van der Waals surface area contributed by atoms with Crippen LogP contribution < -0.4 is 5.73 Å². The first kappa shape index (κ1) is 14.5. The molecule has 106 valence electrons. The SMILES string of the molecule is CC1CCN(Cc2ccccc2)C(C)C1(C)CCN. The number of nitrogens with two attached hydrogens (primary N) is 1. The van der Waals surface area contributed by atoms with E-state index in [1.807, 2.05) is 0 Å². The highest BCUT2D eigenvalue weighted by atomic mass is 15.2. The number of hydrogen-bond donors (Lipinski definition) is 1. The van der Waals surface area contributed by atoms with Gasteiger partial charge in [0.1, 0.15) is 0 Å². The van der Waals surface area contributed by atoms with E-state index in [1.54, 1.807) is 0 Å². The summed E-state index contributed by atoms with van der Waals surface area (Å²) in [5.41, 5.74) is 7.61. The lowest BCUT2D eigenvalue weighted by atomic mass is 9.66. The van der Waals surface area contributed by atoms with Gasteiger partial charge in [-0.05, 0) is 49.8 Å². The third kappa shape index (κ3) is 3.01. The van der Waals surface area contributed by atoms with Crippen LogP contribution in [0.15, 0.2) is 30.3 Å². The van der Waals surface area contributed by atoms with E-state index < -0.39 is 0 Å². The van der Waals surface area contributed by atoms with Crippen LogP contribution in [0.4, 0.5) is 0 Å². The fraction of sp³-hybridized carbons (Fsp3) is 0.647. The highest BCUT2D eigenvalue weighted by Crippen LogP contribution is 2.43. The Labute approximate surface area is 118 Å². The van der Waals surface area contributed by atoms with Crippen molar-refractivity contribution in [1.82, 2.24) is 4.90 Å². The molecule has 0 aliphatic carbocycles. The minimum atomic E-state index is 0.349. The van der Waals surface area contributed by atoms with E-state index in [0.717, 1.165) is 25.4 Å². The van der Waals surface area contributed by atoms with Crippen LogP contribution in [0.25, 0.3) is 0 Å². The van der Waals surface area contributed by atoms with Crippen LogP contribution in [-0.2, 0) is 6.54 Å². The fourth-order valence-electron chi connectivity index (χ4n) is 3.51. The summed E-state index contributed by atoms with van der Waals surface area (Å²) in [5.74, 6) is 0.762. The smallest absolute Gasteiger partial charge is 0.0236 e. The summed E-state index contributed by atoms with van der Waals surface area (Å²) in [6.45, 7) is 10.3. The third-order valence-corrected chi connectivity index (χ3v) is 5.39. The average Bonchev–Trinajstić information content (AvgIpc) is 2.42. The van der Waals surface area contributed by atoms with Crippen molar-refractivity contribution in [3.8, 4) is 0 Å². The first-order valence-electron chi connectivity index (χ1n) is 7.56. The number of piperidine rings is 1. The summed E-state index contributed by atoms with van der Waals surface area (Å²) in [7, 11) is 0. The van der Waals surface area contributed by atoms with Crippen LogP contribution >= 0.6 is 0 Å². The van der Waals surface area contributed by atoms with Crippen LogP contribution in [0.5, 0.6) is 0 Å². The van der Waals surface area contributed by atoms with Crippen LogP contribution in [0.3, 0.4) is 0 Å². The molecule has 2 nitrogen and oxygen atoms in total. The molecule has 3 unspecified atom stereocenters. The minimum absolute atomic E-state index is 0.349.